The molecule has 2 saturated heterocycles. The highest BCUT2D eigenvalue weighted by molar-refractivity contribution is 4.82. The summed E-state index contributed by atoms with van der Waals surface area (Å²) in [7, 11) is 0. The van der Waals surface area contributed by atoms with Crippen molar-refractivity contribution in [1.29, 1.82) is 0 Å². The number of likely N-dealkylation sites (tertiary alicyclic amines) is 1. The first kappa shape index (κ1) is 17.8. The second kappa shape index (κ2) is 8.38. The van der Waals surface area contributed by atoms with Gasteiger partial charge in [0.05, 0.1) is 24.9 Å². The lowest BCUT2D eigenvalue weighted by Crippen LogP contribution is -2.51. The Morgan fingerprint density at radius 3 is 2.71 bits per heavy atom. The molecule has 4 atom stereocenters. The van der Waals surface area contributed by atoms with Crippen LogP contribution in [0.3, 0.4) is 0 Å². The van der Waals surface area contributed by atoms with Gasteiger partial charge < -0.3 is 9.84 Å². The standard InChI is InChI=1S/C17H31N5O2/c1-14-7-20(8-15(2)24-14)10-17(23)11-21-6-4-3-5-16(21)9-22-13-18-12-19-22/h12-17,23H,3-11H2,1-2H3/t14-,15-,16+,17+/m1/s1. The van der Waals surface area contributed by atoms with Crippen LogP contribution in [-0.2, 0) is 11.3 Å². The second-order valence-corrected chi connectivity index (χ2v) is 7.39. The number of aliphatic hydroxyl groups excluding tert-OH is 1. The van der Waals surface area contributed by atoms with Gasteiger partial charge in [-0.25, -0.2) is 4.98 Å². The molecule has 1 aromatic heterocycles. The van der Waals surface area contributed by atoms with Crippen LogP contribution in [0, 0.1) is 0 Å². The van der Waals surface area contributed by atoms with E-state index >= 15 is 0 Å². The lowest BCUT2D eigenvalue weighted by Gasteiger charge is -2.39. The van der Waals surface area contributed by atoms with E-state index in [2.05, 4.69) is 33.7 Å². The maximum absolute atomic E-state index is 10.6. The van der Waals surface area contributed by atoms with E-state index in [9.17, 15) is 5.11 Å². The molecule has 7 heteroatoms. The van der Waals surface area contributed by atoms with Gasteiger partial charge in [-0.05, 0) is 33.2 Å². The summed E-state index contributed by atoms with van der Waals surface area (Å²) in [6, 6.07) is 0.442. The molecule has 3 rings (SSSR count). The quantitative estimate of drug-likeness (QED) is 0.820. The minimum Gasteiger partial charge on any atom is -0.390 e. The van der Waals surface area contributed by atoms with Crippen LogP contribution in [0.2, 0.25) is 0 Å². The fraction of sp³-hybridized carbons (Fsp3) is 0.882. The molecule has 0 amide bonds. The lowest BCUT2D eigenvalue weighted by molar-refractivity contribution is -0.0792. The lowest BCUT2D eigenvalue weighted by atomic mass is 10.0. The maximum atomic E-state index is 10.6. The summed E-state index contributed by atoms with van der Waals surface area (Å²) in [6.07, 6.45) is 7.17. The fourth-order valence-corrected chi connectivity index (χ4v) is 4.11. The van der Waals surface area contributed by atoms with Crippen LogP contribution in [0.5, 0.6) is 0 Å². The van der Waals surface area contributed by atoms with Crippen LogP contribution < -0.4 is 0 Å². The van der Waals surface area contributed by atoms with E-state index in [1.54, 1.807) is 12.7 Å². The molecular formula is C17H31N5O2. The number of hydrogen-bond acceptors (Lipinski definition) is 6. The molecule has 3 heterocycles. The fourth-order valence-electron chi connectivity index (χ4n) is 4.11. The number of aliphatic hydroxyl groups is 1. The first-order chi connectivity index (χ1) is 11.6. The van der Waals surface area contributed by atoms with E-state index < -0.39 is 0 Å². The highest BCUT2D eigenvalue weighted by Crippen LogP contribution is 2.19. The van der Waals surface area contributed by atoms with Gasteiger partial charge in [0, 0.05) is 32.2 Å². The number of aromatic nitrogens is 3. The zero-order valence-electron chi connectivity index (χ0n) is 14.9. The minimum atomic E-state index is -0.321. The van der Waals surface area contributed by atoms with E-state index in [-0.39, 0.29) is 18.3 Å². The molecule has 0 saturated carbocycles. The third kappa shape index (κ3) is 4.99. The summed E-state index contributed by atoms with van der Waals surface area (Å²) in [5.41, 5.74) is 0. The van der Waals surface area contributed by atoms with Crippen LogP contribution in [0.25, 0.3) is 0 Å². The molecule has 24 heavy (non-hydrogen) atoms. The first-order valence-electron chi connectivity index (χ1n) is 9.22. The predicted molar refractivity (Wildman–Crippen MR) is 91.7 cm³/mol. The molecule has 2 fully saturated rings. The first-order valence-corrected chi connectivity index (χ1v) is 9.22. The molecule has 0 radical (unpaired) electrons. The van der Waals surface area contributed by atoms with Crippen molar-refractivity contribution in [3.8, 4) is 0 Å². The van der Waals surface area contributed by atoms with Crippen LogP contribution in [0.15, 0.2) is 12.7 Å². The average molecular weight is 337 g/mol. The molecular weight excluding hydrogens is 306 g/mol. The van der Waals surface area contributed by atoms with Crippen molar-refractivity contribution >= 4 is 0 Å². The number of hydrogen-bond donors (Lipinski definition) is 1. The van der Waals surface area contributed by atoms with Gasteiger partial charge in [-0.1, -0.05) is 6.42 Å². The third-order valence-electron chi connectivity index (χ3n) is 5.02. The maximum Gasteiger partial charge on any atom is 0.137 e. The SMILES string of the molecule is C[C@@H]1CN(C[C@H](O)CN2CCCC[C@H]2Cn2cncn2)C[C@@H](C)O1. The van der Waals surface area contributed by atoms with Crippen molar-refractivity contribution in [2.45, 2.75) is 64.0 Å². The van der Waals surface area contributed by atoms with Crippen molar-refractivity contribution < 1.29 is 9.84 Å². The summed E-state index contributed by atoms with van der Waals surface area (Å²) in [6.45, 7) is 9.41. The molecule has 2 aliphatic rings. The Hall–Kier alpha value is -1.02. The largest absolute Gasteiger partial charge is 0.390 e. The van der Waals surface area contributed by atoms with Crippen LogP contribution >= 0.6 is 0 Å². The molecule has 0 unspecified atom stereocenters. The Labute approximate surface area is 144 Å². The van der Waals surface area contributed by atoms with E-state index in [0.717, 1.165) is 45.7 Å². The van der Waals surface area contributed by atoms with E-state index in [4.69, 9.17) is 4.74 Å². The van der Waals surface area contributed by atoms with E-state index in [0.29, 0.717) is 6.04 Å². The molecule has 1 aromatic rings. The van der Waals surface area contributed by atoms with E-state index in [1.165, 1.54) is 12.8 Å². The third-order valence-corrected chi connectivity index (χ3v) is 5.02. The van der Waals surface area contributed by atoms with Gasteiger partial charge in [0.1, 0.15) is 12.7 Å². The zero-order chi connectivity index (χ0) is 16.9. The summed E-state index contributed by atoms with van der Waals surface area (Å²) >= 11 is 0. The molecule has 0 spiro atoms. The highest BCUT2D eigenvalue weighted by atomic mass is 16.5. The number of piperidine rings is 1. The van der Waals surface area contributed by atoms with Crippen molar-refractivity contribution in [3.63, 3.8) is 0 Å². The molecule has 7 nitrogen and oxygen atoms in total. The summed E-state index contributed by atoms with van der Waals surface area (Å²) in [5, 5.41) is 14.8. The molecule has 2 aliphatic heterocycles. The van der Waals surface area contributed by atoms with Crippen molar-refractivity contribution in [2.75, 3.05) is 32.7 Å². The van der Waals surface area contributed by atoms with Gasteiger partial charge in [0.2, 0.25) is 0 Å². The highest BCUT2D eigenvalue weighted by Gasteiger charge is 2.28. The van der Waals surface area contributed by atoms with Gasteiger partial charge >= 0.3 is 0 Å². The number of β-amino-alcohol motifs (C(OH)–C–C–N with tert-alkyl or cyclic N) is 1. The minimum absolute atomic E-state index is 0.246. The second-order valence-electron chi connectivity index (χ2n) is 7.39. The zero-order valence-corrected chi connectivity index (χ0v) is 14.9. The predicted octanol–water partition coefficient (Wildman–Crippen LogP) is 0.603. The van der Waals surface area contributed by atoms with Crippen LogP contribution in [0.1, 0.15) is 33.1 Å². The molecule has 0 bridgehead atoms. The molecule has 136 valence electrons. The summed E-state index contributed by atoms with van der Waals surface area (Å²) in [5.74, 6) is 0. The topological polar surface area (TPSA) is 66.7 Å². The molecule has 0 aromatic carbocycles. The number of ether oxygens (including phenoxy) is 1. The normalized spacial score (nSPS) is 31.2. The van der Waals surface area contributed by atoms with Gasteiger partial charge in [0.25, 0.3) is 0 Å². The molecule has 0 aliphatic carbocycles. The number of nitrogens with zero attached hydrogens (tertiary/aromatic N) is 5. The van der Waals surface area contributed by atoms with Crippen LogP contribution in [-0.4, -0.2) is 86.7 Å². The Bertz CT molecular complexity index is 473. The summed E-state index contributed by atoms with van der Waals surface area (Å²) in [4.78, 5) is 8.80. The van der Waals surface area contributed by atoms with E-state index in [1.807, 2.05) is 4.68 Å². The average Bonchev–Trinajstić information content (AvgIpc) is 3.01. The monoisotopic (exact) mass is 337 g/mol. The number of rotatable bonds is 6. The van der Waals surface area contributed by atoms with Crippen molar-refractivity contribution in [2.24, 2.45) is 0 Å². The van der Waals surface area contributed by atoms with Gasteiger partial charge in [-0.15, -0.1) is 0 Å². The van der Waals surface area contributed by atoms with Gasteiger partial charge in [-0.2, -0.15) is 5.10 Å². The Morgan fingerprint density at radius 2 is 2.00 bits per heavy atom. The van der Waals surface area contributed by atoms with Crippen molar-refractivity contribution in [1.82, 2.24) is 24.6 Å². The van der Waals surface area contributed by atoms with Crippen molar-refractivity contribution in [3.05, 3.63) is 12.7 Å². The van der Waals surface area contributed by atoms with Gasteiger partial charge in [0.15, 0.2) is 0 Å². The molecule has 1 N–H and O–H groups in total. The Morgan fingerprint density at radius 1 is 1.21 bits per heavy atom. The Kier molecular flexibility index (Phi) is 6.21. The van der Waals surface area contributed by atoms with Gasteiger partial charge in [-0.3, -0.25) is 14.5 Å². The van der Waals surface area contributed by atoms with Crippen LogP contribution in [0.4, 0.5) is 0 Å². The smallest absolute Gasteiger partial charge is 0.137 e. The summed E-state index contributed by atoms with van der Waals surface area (Å²) < 4.78 is 7.68. The number of morpholine rings is 1. The Balaban J connectivity index is 1.50.